The van der Waals surface area contributed by atoms with Crippen molar-refractivity contribution in [3.63, 3.8) is 0 Å². The van der Waals surface area contributed by atoms with Crippen LogP contribution in [0.5, 0.6) is 5.75 Å². The van der Waals surface area contributed by atoms with Crippen molar-refractivity contribution in [2.45, 2.75) is 6.18 Å². The molecule has 0 atom stereocenters. The molecule has 1 N–H and O–H groups in total. The van der Waals surface area contributed by atoms with Crippen LogP contribution in [0.4, 0.5) is 40.8 Å². The van der Waals surface area contributed by atoms with Gasteiger partial charge in [-0.15, -0.1) is 0 Å². The largest absolute Gasteiger partial charge is 0.471 e. The summed E-state index contributed by atoms with van der Waals surface area (Å²) in [6.45, 7) is 0. The van der Waals surface area contributed by atoms with E-state index >= 15 is 0 Å². The second-order valence-electron chi connectivity index (χ2n) is 4.79. The number of rotatable bonds is 3. The summed E-state index contributed by atoms with van der Waals surface area (Å²) in [5, 5.41) is 1.32. The third kappa shape index (κ3) is 3.99. The third-order valence-electron chi connectivity index (χ3n) is 3.02. The van der Waals surface area contributed by atoms with E-state index in [9.17, 15) is 44.7 Å². The van der Waals surface area contributed by atoms with Crippen molar-refractivity contribution in [2.24, 2.45) is 0 Å². The van der Waals surface area contributed by atoms with Gasteiger partial charge < -0.3 is 10.1 Å². The third-order valence-corrected chi connectivity index (χ3v) is 3.02. The van der Waals surface area contributed by atoms with E-state index < -0.39 is 64.1 Å². The number of alkyl halides is 3. The molecule has 0 aliphatic carbocycles. The monoisotopic (exact) mass is 399 g/mol. The Kier molecular flexibility index (Phi) is 5.38. The predicted molar refractivity (Wildman–Crippen MR) is 72.3 cm³/mol. The highest BCUT2D eigenvalue weighted by molar-refractivity contribution is 6.03. The number of para-hydroxylation sites is 1. The summed E-state index contributed by atoms with van der Waals surface area (Å²) in [7, 11) is 0. The Balaban J connectivity index is 2.40. The first-order valence-corrected chi connectivity index (χ1v) is 6.66. The van der Waals surface area contributed by atoms with Gasteiger partial charge >= 0.3 is 18.1 Å². The molecule has 0 bridgehead atoms. The first-order valence-electron chi connectivity index (χ1n) is 6.66. The number of esters is 1. The molecule has 0 spiro atoms. The molecule has 0 heterocycles. The van der Waals surface area contributed by atoms with Gasteiger partial charge in [-0.3, -0.25) is 4.79 Å². The number of carbonyl (C=O) groups is 2. The number of hydrogen-bond acceptors (Lipinski definition) is 3. The van der Waals surface area contributed by atoms with Crippen LogP contribution in [0.25, 0.3) is 0 Å². The molecule has 2 aromatic rings. The van der Waals surface area contributed by atoms with E-state index in [-0.39, 0.29) is 0 Å². The molecule has 0 unspecified atom stereocenters. The number of anilines is 1. The van der Waals surface area contributed by atoms with Crippen LogP contribution >= 0.6 is 0 Å². The van der Waals surface area contributed by atoms with Gasteiger partial charge in [-0.05, 0) is 12.1 Å². The van der Waals surface area contributed by atoms with Crippen LogP contribution < -0.4 is 10.1 Å². The number of nitrogens with one attached hydrogen (secondary N) is 1. The fourth-order valence-electron chi connectivity index (χ4n) is 1.79. The van der Waals surface area contributed by atoms with Crippen molar-refractivity contribution in [2.75, 3.05) is 5.32 Å². The van der Waals surface area contributed by atoms with E-state index in [0.717, 1.165) is 24.3 Å². The molecule has 0 radical (unpaired) electrons. The van der Waals surface area contributed by atoms with E-state index in [1.807, 2.05) is 0 Å². The highest BCUT2D eigenvalue weighted by Crippen LogP contribution is 2.30. The van der Waals surface area contributed by atoms with Crippen LogP contribution in [0.3, 0.4) is 0 Å². The minimum absolute atomic E-state index is 0.770. The molecule has 12 heteroatoms. The first kappa shape index (κ1) is 20.1. The number of carbonyl (C=O) groups excluding carboxylic acids is 2. The lowest BCUT2D eigenvalue weighted by molar-refractivity contribution is -0.167. The summed E-state index contributed by atoms with van der Waals surface area (Å²) < 4.78 is 107. The molecule has 0 aromatic heterocycles. The van der Waals surface area contributed by atoms with E-state index in [2.05, 4.69) is 4.74 Å². The highest BCUT2D eigenvalue weighted by atomic mass is 19.4. The lowest BCUT2D eigenvalue weighted by Crippen LogP contribution is -2.30. The zero-order valence-corrected chi connectivity index (χ0v) is 12.6. The summed E-state index contributed by atoms with van der Waals surface area (Å²) in [6, 6.07) is 3.79. The molecule has 0 saturated heterocycles. The lowest BCUT2D eigenvalue weighted by Gasteiger charge is -2.13. The standard InChI is InChI=1S/C15H5F8NO3/c16-7-8(17)10(19)12(11(20)9(7)18)27-13(25)5-3-1-2-4-6(5)24-14(26)15(21,22)23/h1-4H,(H,24,26). The SMILES string of the molecule is O=C(Oc1c(F)c(F)c(F)c(F)c1F)c1ccccc1NC(=O)C(F)(F)F. The van der Waals surface area contributed by atoms with Gasteiger partial charge in [0.2, 0.25) is 34.8 Å². The van der Waals surface area contributed by atoms with Gasteiger partial charge in [0.25, 0.3) is 0 Å². The number of halogens is 8. The molecule has 4 nitrogen and oxygen atoms in total. The second-order valence-corrected chi connectivity index (χ2v) is 4.79. The second kappa shape index (κ2) is 7.21. The normalized spacial score (nSPS) is 11.3. The molecule has 1 amide bonds. The van der Waals surface area contributed by atoms with Gasteiger partial charge in [0.15, 0.2) is 0 Å². The van der Waals surface area contributed by atoms with E-state index in [0.29, 0.717) is 0 Å². The van der Waals surface area contributed by atoms with Crippen molar-refractivity contribution < 1.29 is 49.4 Å². The summed E-state index contributed by atoms with van der Waals surface area (Å²) in [5.74, 6) is -18.4. The molecule has 0 aliphatic heterocycles. The zero-order valence-electron chi connectivity index (χ0n) is 12.6. The quantitative estimate of drug-likeness (QED) is 0.278. The Labute approximate surface area is 144 Å². The lowest BCUT2D eigenvalue weighted by atomic mass is 10.1. The molecular formula is C15H5F8NO3. The molecule has 27 heavy (non-hydrogen) atoms. The molecule has 0 saturated carbocycles. The van der Waals surface area contributed by atoms with Crippen molar-refractivity contribution in [1.82, 2.24) is 0 Å². The Bertz CT molecular complexity index is 897. The van der Waals surface area contributed by atoms with Crippen LogP contribution in [-0.4, -0.2) is 18.1 Å². The Hall–Kier alpha value is -3.18. The van der Waals surface area contributed by atoms with Crippen LogP contribution in [0.1, 0.15) is 10.4 Å². The van der Waals surface area contributed by atoms with Crippen molar-refractivity contribution in [3.05, 3.63) is 58.9 Å². The zero-order chi connectivity index (χ0) is 20.5. The average Bonchev–Trinajstić information content (AvgIpc) is 2.61. The first-order chi connectivity index (χ1) is 12.4. The Morgan fingerprint density at radius 2 is 1.30 bits per heavy atom. The summed E-state index contributed by atoms with van der Waals surface area (Å²) in [5.41, 5.74) is -1.60. The van der Waals surface area contributed by atoms with Crippen LogP contribution in [0.15, 0.2) is 24.3 Å². The van der Waals surface area contributed by atoms with E-state index in [1.54, 1.807) is 0 Å². The molecule has 144 valence electrons. The van der Waals surface area contributed by atoms with Crippen LogP contribution in [-0.2, 0) is 4.79 Å². The topological polar surface area (TPSA) is 55.4 Å². The fraction of sp³-hybridized carbons (Fsp3) is 0.0667. The predicted octanol–water partition coefficient (Wildman–Crippen LogP) is 4.10. The number of amides is 1. The molecular weight excluding hydrogens is 394 g/mol. The van der Waals surface area contributed by atoms with Gasteiger partial charge in [-0.1, -0.05) is 12.1 Å². The molecule has 2 rings (SSSR count). The Morgan fingerprint density at radius 3 is 1.81 bits per heavy atom. The molecule has 0 aliphatic rings. The number of ether oxygens (including phenoxy) is 1. The number of benzene rings is 2. The summed E-state index contributed by atoms with van der Waals surface area (Å²) >= 11 is 0. The van der Waals surface area contributed by atoms with Crippen molar-refractivity contribution in [1.29, 1.82) is 0 Å². The van der Waals surface area contributed by atoms with Gasteiger partial charge in [0.05, 0.1) is 11.3 Å². The maximum absolute atomic E-state index is 13.5. The average molecular weight is 399 g/mol. The molecule has 0 fully saturated rings. The molecule has 2 aromatic carbocycles. The summed E-state index contributed by atoms with van der Waals surface area (Å²) in [6.07, 6.45) is -5.32. The van der Waals surface area contributed by atoms with Crippen molar-refractivity contribution in [3.8, 4) is 5.75 Å². The Morgan fingerprint density at radius 1 is 0.815 bits per heavy atom. The van der Waals surface area contributed by atoms with Crippen LogP contribution in [0.2, 0.25) is 0 Å². The number of hydrogen-bond donors (Lipinski definition) is 1. The van der Waals surface area contributed by atoms with E-state index in [4.69, 9.17) is 0 Å². The van der Waals surface area contributed by atoms with Gasteiger partial charge in [-0.2, -0.15) is 22.0 Å². The summed E-state index contributed by atoms with van der Waals surface area (Å²) in [4.78, 5) is 22.9. The smallest absolute Gasteiger partial charge is 0.416 e. The maximum atomic E-state index is 13.5. The highest BCUT2D eigenvalue weighted by Gasteiger charge is 2.39. The van der Waals surface area contributed by atoms with Crippen LogP contribution in [0, 0.1) is 29.1 Å². The van der Waals surface area contributed by atoms with Gasteiger partial charge in [-0.25, -0.2) is 18.0 Å². The minimum atomic E-state index is -5.32. The maximum Gasteiger partial charge on any atom is 0.471 e. The van der Waals surface area contributed by atoms with Crippen molar-refractivity contribution >= 4 is 17.6 Å². The van der Waals surface area contributed by atoms with Gasteiger partial charge in [0.1, 0.15) is 0 Å². The minimum Gasteiger partial charge on any atom is -0.416 e. The van der Waals surface area contributed by atoms with E-state index in [1.165, 1.54) is 5.32 Å². The fourth-order valence-corrected chi connectivity index (χ4v) is 1.79. The van der Waals surface area contributed by atoms with Gasteiger partial charge in [0, 0.05) is 0 Å².